The van der Waals surface area contributed by atoms with Crippen LogP contribution in [0.25, 0.3) is 23.0 Å². The molecule has 0 aliphatic rings. The summed E-state index contributed by atoms with van der Waals surface area (Å²) in [7, 11) is 3.57. The molecule has 0 bridgehead atoms. The summed E-state index contributed by atoms with van der Waals surface area (Å²) in [6.07, 6.45) is 3.09. The molecule has 0 fully saturated rings. The molecule has 0 radical (unpaired) electrons. The van der Waals surface area contributed by atoms with Crippen LogP contribution in [0, 0.1) is 11.3 Å². The lowest BCUT2D eigenvalue weighted by molar-refractivity contribution is 0.904. The Morgan fingerprint density at radius 1 is 1.10 bits per heavy atom. The fraction of sp³-hybridized carbons (Fsp3) is 0.167. The van der Waals surface area contributed by atoms with E-state index in [2.05, 4.69) is 31.4 Å². The van der Waals surface area contributed by atoms with Gasteiger partial charge in [0, 0.05) is 14.1 Å². The molecule has 3 aromatic heterocycles. The van der Waals surface area contributed by atoms with Crippen molar-refractivity contribution < 1.29 is 0 Å². The third kappa shape index (κ3) is 1.99. The highest BCUT2D eigenvalue weighted by Gasteiger charge is 2.18. The zero-order valence-corrected chi connectivity index (χ0v) is 11.4. The van der Waals surface area contributed by atoms with Gasteiger partial charge in [-0.1, -0.05) is 0 Å². The van der Waals surface area contributed by atoms with Gasteiger partial charge in [0.25, 0.3) is 0 Å². The summed E-state index contributed by atoms with van der Waals surface area (Å²) < 4.78 is 3.39. The number of nitriles is 1. The lowest BCUT2D eigenvalue weighted by Crippen LogP contribution is -2.04. The molecular formula is C12H11N9. The van der Waals surface area contributed by atoms with Gasteiger partial charge in [-0.3, -0.25) is 0 Å². The van der Waals surface area contributed by atoms with Crippen molar-refractivity contribution in [1.29, 1.82) is 5.26 Å². The average Bonchev–Trinajstić information content (AvgIpc) is 3.06. The van der Waals surface area contributed by atoms with Crippen LogP contribution in [0.1, 0.15) is 5.56 Å². The summed E-state index contributed by atoms with van der Waals surface area (Å²) in [6, 6.07) is 3.65. The second kappa shape index (κ2) is 4.68. The van der Waals surface area contributed by atoms with Gasteiger partial charge in [0.05, 0.1) is 5.69 Å². The molecule has 0 spiro atoms. The van der Waals surface area contributed by atoms with E-state index in [4.69, 9.17) is 5.73 Å². The molecule has 0 atom stereocenters. The van der Waals surface area contributed by atoms with E-state index < -0.39 is 0 Å². The van der Waals surface area contributed by atoms with Crippen molar-refractivity contribution >= 4 is 5.69 Å². The van der Waals surface area contributed by atoms with Crippen LogP contribution in [-0.2, 0) is 14.1 Å². The van der Waals surface area contributed by atoms with Crippen LogP contribution >= 0.6 is 0 Å². The zero-order chi connectivity index (χ0) is 15.0. The molecule has 0 saturated carbocycles. The number of aromatic nitrogens is 7. The van der Waals surface area contributed by atoms with E-state index in [1.54, 1.807) is 35.6 Å². The van der Waals surface area contributed by atoms with E-state index in [1.165, 1.54) is 6.33 Å². The minimum atomic E-state index is 0.261. The molecule has 21 heavy (non-hydrogen) atoms. The Bertz CT molecular complexity index is 852. The van der Waals surface area contributed by atoms with E-state index in [-0.39, 0.29) is 5.56 Å². The van der Waals surface area contributed by atoms with Crippen molar-refractivity contribution in [3.8, 4) is 29.1 Å². The smallest absolute Gasteiger partial charge is 0.183 e. The molecule has 9 heteroatoms. The van der Waals surface area contributed by atoms with Crippen molar-refractivity contribution in [1.82, 2.24) is 34.5 Å². The van der Waals surface area contributed by atoms with Gasteiger partial charge in [-0.25, -0.2) is 4.98 Å². The zero-order valence-electron chi connectivity index (χ0n) is 11.4. The van der Waals surface area contributed by atoms with E-state index in [9.17, 15) is 5.26 Å². The van der Waals surface area contributed by atoms with E-state index in [1.807, 2.05) is 0 Å². The molecule has 0 unspecified atom stereocenters. The Morgan fingerprint density at radius 2 is 1.71 bits per heavy atom. The normalized spacial score (nSPS) is 10.5. The van der Waals surface area contributed by atoms with Gasteiger partial charge in [-0.15, -0.1) is 20.4 Å². The number of nitrogens with zero attached hydrogens (tertiary/aromatic N) is 8. The number of hydrogen-bond acceptors (Lipinski definition) is 7. The first kappa shape index (κ1) is 12.7. The van der Waals surface area contributed by atoms with Crippen LogP contribution < -0.4 is 5.73 Å². The summed E-state index contributed by atoms with van der Waals surface area (Å²) in [5, 5.41) is 24.9. The molecule has 3 heterocycles. The lowest BCUT2D eigenvalue weighted by atomic mass is 10.1. The maximum atomic E-state index is 9.30. The second-order valence-corrected chi connectivity index (χ2v) is 4.46. The molecule has 0 aliphatic heterocycles. The van der Waals surface area contributed by atoms with Crippen LogP contribution in [0.15, 0.2) is 18.7 Å². The number of anilines is 1. The number of pyridine rings is 1. The highest BCUT2D eigenvalue weighted by molar-refractivity contribution is 5.74. The van der Waals surface area contributed by atoms with Gasteiger partial charge in [0.2, 0.25) is 0 Å². The number of aryl methyl sites for hydroxylation is 2. The lowest BCUT2D eigenvalue weighted by Gasteiger charge is -2.08. The number of hydrogen-bond donors (Lipinski definition) is 1. The van der Waals surface area contributed by atoms with Gasteiger partial charge in [0.15, 0.2) is 11.6 Å². The Kier molecular flexibility index (Phi) is 2.84. The molecule has 104 valence electrons. The first-order chi connectivity index (χ1) is 10.1. The number of nitrogens with two attached hydrogens (primary N) is 1. The molecule has 9 nitrogen and oxygen atoms in total. The molecule has 0 amide bonds. The molecule has 3 aromatic rings. The fourth-order valence-electron chi connectivity index (χ4n) is 1.97. The number of rotatable bonds is 2. The van der Waals surface area contributed by atoms with Gasteiger partial charge >= 0.3 is 0 Å². The molecule has 2 N–H and O–H groups in total. The quantitative estimate of drug-likeness (QED) is 0.707. The van der Waals surface area contributed by atoms with Gasteiger partial charge in [-0.05, 0) is 6.07 Å². The minimum Gasteiger partial charge on any atom is -0.398 e. The van der Waals surface area contributed by atoms with Crippen LogP contribution in [0.4, 0.5) is 5.69 Å². The summed E-state index contributed by atoms with van der Waals surface area (Å²) in [5.41, 5.74) is 7.43. The molecule has 0 aromatic carbocycles. The standard InChI is InChI=1S/C12H11N9/c1-20-5-15-18-11(20)9-3-8(14)7(4-13)10(17-9)12-19-16-6-21(12)2/h3,5-6H,1-2H3,(H2,14,17). The second-order valence-electron chi connectivity index (χ2n) is 4.46. The van der Waals surface area contributed by atoms with Crippen molar-refractivity contribution in [2.45, 2.75) is 0 Å². The van der Waals surface area contributed by atoms with Crippen molar-refractivity contribution in [2.75, 3.05) is 5.73 Å². The Morgan fingerprint density at radius 3 is 2.24 bits per heavy atom. The molecular weight excluding hydrogens is 270 g/mol. The maximum Gasteiger partial charge on any atom is 0.183 e. The van der Waals surface area contributed by atoms with Crippen molar-refractivity contribution in [3.05, 3.63) is 24.3 Å². The summed E-state index contributed by atoms with van der Waals surface area (Å²) >= 11 is 0. The Hall–Kier alpha value is -3.28. The van der Waals surface area contributed by atoms with E-state index in [0.29, 0.717) is 28.7 Å². The summed E-state index contributed by atoms with van der Waals surface area (Å²) in [4.78, 5) is 4.46. The molecule has 0 saturated heterocycles. The third-order valence-corrected chi connectivity index (χ3v) is 3.03. The van der Waals surface area contributed by atoms with Crippen LogP contribution in [0.2, 0.25) is 0 Å². The first-order valence-electron chi connectivity index (χ1n) is 6.01. The van der Waals surface area contributed by atoms with Crippen LogP contribution in [0.5, 0.6) is 0 Å². The van der Waals surface area contributed by atoms with E-state index in [0.717, 1.165) is 0 Å². The third-order valence-electron chi connectivity index (χ3n) is 3.03. The maximum absolute atomic E-state index is 9.30. The Balaban J connectivity index is 2.29. The largest absolute Gasteiger partial charge is 0.398 e. The monoisotopic (exact) mass is 281 g/mol. The SMILES string of the molecule is Cn1cnnc1-c1cc(N)c(C#N)c(-c2nncn2C)n1. The van der Waals surface area contributed by atoms with E-state index >= 15 is 0 Å². The topological polar surface area (TPSA) is 124 Å². The predicted molar refractivity (Wildman–Crippen MR) is 73.4 cm³/mol. The highest BCUT2D eigenvalue weighted by atomic mass is 15.3. The summed E-state index contributed by atoms with van der Waals surface area (Å²) in [5.74, 6) is 1.01. The average molecular weight is 281 g/mol. The van der Waals surface area contributed by atoms with Gasteiger partial charge < -0.3 is 14.9 Å². The van der Waals surface area contributed by atoms with Gasteiger partial charge in [-0.2, -0.15) is 5.26 Å². The minimum absolute atomic E-state index is 0.261. The highest BCUT2D eigenvalue weighted by Crippen LogP contribution is 2.27. The van der Waals surface area contributed by atoms with Crippen LogP contribution in [-0.4, -0.2) is 34.5 Å². The predicted octanol–water partition coefficient (Wildman–Crippen LogP) is 0.126. The van der Waals surface area contributed by atoms with Gasteiger partial charge in [0.1, 0.15) is 35.7 Å². The number of nitrogen functional groups attached to an aromatic ring is 1. The summed E-state index contributed by atoms with van der Waals surface area (Å²) in [6.45, 7) is 0. The first-order valence-corrected chi connectivity index (χ1v) is 6.01. The Labute approximate surface area is 119 Å². The van der Waals surface area contributed by atoms with Crippen LogP contribution in [0.3, 0.4) is 0 Å². The molecule has 0 aliphatic carbocycles. The fourth-order valence-corrected chi connectivity index (χ4v) is 1.97. The van der Waals surface area contributed by atoms with Crippen molar-refractivity contribution in [2.24, 2.45) is 14.1 Å². The molecule has 3 rings (SSSR count). The van der Waals surface area contributed by atoms with Crippen molar-refractivity contribution in [3.63, 3.8) is 0 Å².